The molecular formula is C20H16ClN3O. The van der Waals surface area contributed by atoms with Crippen LogP contribution in [0.5, 0.6) is 0 Å². The molecule has 2 aromatic carbocycles. The van der Waals surface area contributed by atoms with Gasteiger partial charge in [-0.1, -0.05) is 35.9 Å². The molecule has 5 heteroatoms. The molecule has 0 saturated carbocycles. The van der Waals surface area contributed by atoms with Gasteiger partial charge in [-0.3, -0.25) is 4.79 Å². The molecule has 1 heterocycles. The van der Waals surface area contributed by atoms with Crippen LogP contribution in [-0.2, 0) is 6.54 Å². The third-order valence-corrected chi connectivity index (χ3v) is 4.41. The molecule has 3 rings (SSSR count). The molecule has 2 N–H and O–H groups in total. The van der Waals surface area contributed by atoms with E-state index in [0.29, 0.717) is 22.7 Å². The van der Waals surface area contributed by atoms with Crippen LogP contribution in [0.4, 0.5) is 0 Å². The molecule has 0 unspecified atom stereocenters. The summed E-state index contributed by atoms with van der Waals surface area (Å²) >= 11 is 6.08. The molecule has 3 aromatic rings. The van der Waals surface area contributed by atoms with Crippen molar-refractivity contribution in [1.82, 2.24) is 4.57 Å². The number of aromatic nitrogens is 1. The van der Waals surface area contributed by atoms with Gasteiger partial charge in [0.15, 0.2) is 0 Å². The highest BCUT2D eigenvalue weighted by Crippen LogP contribution is 2.27. The normalized spacial score (nSPS) is 10.4. The van der Waals surface area contributed by atoms with Gasteiger partial charge in [0.2, 0.25) is 0 Å². The van der Waals surface area contributed by atoms with Crippen molar-refractivity contribution in [3.63, 3.8) is 0 Å². The topological polar surface area (TPSA) is 71.8 Å². The number of amides is 1. The molecule has 0 saturated heterocycles. The minimum absolute atomic E-state index is 0.461. The zero-order chi connectivity index (χ0) is 18.0. The number of halogens is 1. The second-order valence-corrected chi connectivity index (χ2v) is 6.23. The fourth-order valence-electron chi connectivity index (χ4n) is 2.87. The summed E-state index contributed by atoms with van der Waals surface area (Å²) in [5, 5.41) is 9.63. The number of nitrogens with two attached hydrogens (primary N) is 1. The monoisotopic (exact) mass is 349 g/mol. The SMILES string of the molecule is Cc1c(C(N)=O)cc(-c2ccc(C#N)cc2)n1Cc1cccc(Cl)c1. The largest absolute Gasteiger partial charge is 0.366 e. The van der Waals surface area contributed by atoms with E-state index in [1.807, 2.05) is 47.9 Å². The van der Waals surface area contributed by atoms with Gasteiger partial charge in [-0.15, -0.1) is 0 Å². The van der Waals surface area contributed by atoms with Gasteiger partial charge in [0.05, 0.1) is 17.2 Å². The summed E-state index contributed by atoms with van der Waals surface area (Å²) in [6.07, 6.45) is 0. The van der Waals surface area contributed by atoms with Crippen LogP contribution in [0.25, 0.3) is 11.3 Å². The van der Waals surface area contributed by atoms with Crippen molar-refractivity contribution in [1.29, 1.82) is 5.26 Å². The first-order chi connectivity index (χ1) is 12.0. The summed E-state index contributed by atoms with van der Waals surface area (Å²) in [7, 11) is 0. The number of hydrogen-bond acceptors (Lipinski definition) is 2. The smallest absolute Gasteiger partial charge is 0.250 e. The van der Waals surface area contributed by atoms with Gasteiger partial charge in [-0.2, -0.15) is 5.26 Å². The molecule has 0 aliphatic heterocycles. The van der Waals surface area contributed by atoms with E-state index < -0.39 is 5.91 Å². The second-order valence-electron chi connectivity index (χ2n) is 5.80. The van der Waals surface area contributed by atoms with Crippen molar-refractivity contribution in [2.24, 2.45) is 5.73 Å². The molecule has 0 atom stereocenters. The van der Waals surface area contributed by atoms with Crippen molar-refractivity contribution >= 4 is 17.5 Å². The zero-order valence-corrected chi connectivity index (χ0v) is 14.4. The minimum Gasteiger partial charge on any atom is -0.366 e. The van der Waals surface area contributed by atoms with Crippen molar-refractivity contribution in [2.75, 3.05) is 0 Å². The quantitative estimate of drug-likeness (QED) is 0.769. The van der Waals surface area contributed by atoms with Crippen LogP contribution in [0.3, 0.4) is 0 Å². The van der Waals surface area contributed by atoms with Crippen molar-refractivity contribution < 1.29 is 4.79 Å². The highest BCUT2D eigenvalue weighted by Gasteiger charge is 2.17. The Bertz CT molecular complexity index is 981. The molecule has 0 spiro atoms. The third kappa shape index (κ3) is 3.42. The molecule has 25 heavy (non-hydrogen) atoms. The van der Waals surface area contributed by atoms with Crippen LogP contribution in [-0.4, -0.2) is 10.5 Å². The Kier molecular flexibility index (Phi) is 4.60. The summed E-state index contributed by atoms with van der Waals surface area (Å²) in [4.78, 5) is 11.8. The molecule has 0 aliphatic carbocycles. The number of primary amides is 1. The first kappa shape index (κ1) is 16.8. The lowest BCUT2D eigenvalue weighted by Gasteiger charge is -2.13. The summed E-state index contributed by atoms with van der Waals surface area (Å²) in [6, 6.07) is 18.7. The summed E-state index contributed by atoms with van der Waals surface area (Å²) in [6.45, 7) is 2.44. The molecule has 1 amide bonds. The van der Waals surface area contributed by atoms with Gasteiger partial charge in [0.1, 0.15) is 0 Å². The van der Waals surface area contributed by atoms with Crippen LogP contribution in [0.1, 0.15) is 27.2 Å². The van der Waals surface area contributed by atoms with Crippen molar-refractivity contribution in [3.05, 3.63) is 82.0 Å². The number of carbonyl (C=O) groups is 1. The van der Waals surface area contributed by atoms with E-state index in [-0.39, 0.29) is 0 Å². The van der Waals surface area contributed by atoms with Crippen LogP contribution < -0.4 is 5.73 Å². The molecule has 0 radical (unpaired) electrons. The van der Waals surface area contributed by atoms with Crippen LogP contribution in [0, 0.1) is 18.3 Å². The summed E-state index contributed by atoms with van der Waals surface area (Å²) in [5.41, 5.74) is 10.2. The van der Waals surface area contributed by atoms with Gasteiger partial charge in [-0.05, 0) is 48.4 Å². The second kappa shape index (κ2) is 6.84. The first-order valence-corrected chi connectivity index (χ1v) is 8.12. The number of nitriles is 1. The average molecular weight is 350 g/mol. The van der Waals surface area contributed by atoms with Gasteiger partial charge in [0, 0.05) is 23.0 Å². The van der Waals surface area contributed by atoms with Gasteiger partial charge < -0.3 is 10.3 Å². The van der Waals surface area contributed by atoms with Crippen LogP contribution in [0.15, 0.2) is 54.6 Å². The van der Waals surface area contributed by atoms with Gasteiger partial charge >= 0.3 is 0 Å². The molecule has 0 fully saturated rings. The van der Waals surface area contributed by atoms with E-state index in [0.717, 1.165) is 22.5 Å². The third-order valence-electron chi connectivity index (χ3n) is 4.17. The number of carbonyl (C=O) groups excluding carboxylic acids is 1. The number of nitrogens with zero attached hydrogens (tertiary/aromatic N) is 2. The Labute approximate surface area is 151 Å². The lowest BCUT2D eigenvalue weighted by atomic mass is 10.1. The summed E-state index contributed by atoms with van der Waals surface area (Å²) in [5.74, 6) is -0.461. The minimum atomic E-state index is -0.461. The first-order valence-electron chi connectivity index (χ1n) is 7.74. The average Bonchev–Trinajstić information content (AvgIpc) is 2.92. The molecule has 124 valence electrons. The maximum Gasteiger partial charge on any atom is 0.250 e. The fourth-order valence-corrected chi connectivity index (χ4v) is 3.08. The number of rotatable bonds is 4. The lowest BCUT2D eigenvalue weighted by Crippen LogP contribution is -2.12. The Morgan fingerprint density at radius 2 is 1.92 bits per heavy atom. The number of benzene rings is 2. The van der Waals surface area contributed by atoms with Crippen molar-refractivity contribution in [3.8, 4) is 17.3 Å². The molecule has 0 aliphatic rings. The molecule has 4 nitrogen and oxygen atoms in total. The Morgan fingerprint density at radius 3 is 2.52 bits per heavy atom. The molecule has 1 aromatic heterocycles. The van der Waals surface area contributed by atoms with Gasteiger partial charge in [-0.25, -0.2) is 0 Å². The summed E-state index contributed by atoms with van der Waals surface area (Å²) < 4.78 is 2.03. The van der Waals surface area contributed by atoms with E-state index in [2.05, 4.69) is 6.07 Å². The lowest BCUT2D eigenvalue weighted by molar-refractivity contribution is 0.0999. The fraction of sp³-hybridized carbons (Fsp3) is 0.100. The molecular weight excluding hydrogens is 334 g/mol. The number of hydrogen-bond donors (Lipinski definition) is 1. The van der Waals surface area contributed by atoms with E-state index in [1.165, 1.54) is 0 Å². The van der Waals surface area contributed by atoms with E-state index >= 15 is 0 Å². The van der Waals surface area contributed by atoms with E-state index in [1.54, 1.807) is 18.2 Å². The van der Waals surface area contributed by atoms with Gasteiger partial charge in [0.25, 0.3) is 5.91 Å². The highest BCUT2D eigenvalue weighted by molar-refractivity contribution is 6.30. The van der Waals surface area contributed by atoms with Crippen LogP contribution in [0.2, 0.25) is 5.02 Å². The predicted molar refractivity (Wildman–Crippen MR) is 98.4 cm³/mol. The maximum atomic E-state index is 11.8. The standard InChI is InChI=1S/C20H16ClN3O/c1-13-18(20(23)25)10-19(16-7-5-14(11-22)6-8-16)24(13)12-15-3-2-4-17(21)9-15/h2-10H,12H2,1H3,(H2,23,25). The maximum absolute atomic E-state index is 11.8. The predicted octanol–water partition coefficient (Wildman–Crippen LogP) is 4.14. The van der Waals surface area contributed by atoms with E-state index in [9.17, 15) is 4.79 Å². The Hall–Kier alpha value is -3.03. The Balaban J connectivity index is 2.11. The molecule has 0 bridgehead atoms. The highest BCUT2D eigenvalue weighted by atomic mass is 35.5. The van der Waals surface area contributed by atoms with Crippen LogP contribution >= 0.6 is 11.6 Å². The van der Waals surface area contributed by atoms with E-state index in [4.69, 9.17) is 22.6 Å². The van der Waals surface area contributed by atoms with Crippen molar-refractivity contribution in [2.45, 2.75) is 13.5 Å². The zero-order valence-electron chi connectivity index (χ0n) is 13.7. The Morgan fingerprint density at radius 1 is 1.20 bits per heavy atom.